The zero-order chi connectivity index (χ0) is 14.9. The molecule has 0 fully saturated rings. The second-order valence-corrected chi connectivity index (χ2v) is 7.76. The van der Waals surface area contributed by atoms with Crippen LogP contribution in [0, 0.1) is 10.8 Å². The summed E-state index contributed by atoms with van der Waals surface area (Å²) < 4.78 is 5.60. The zero-order valence-electron chi connectivity index (χ0n) is 13.8. The number of carbonyl (C=O) groups excluding carboxylic acids is 1. The molecule has 3 heteroatoms. The van der Waals surface area contributed by atoms with Gasteiger partial charge in [-0.15, -0.1) is 0 Å². The van der Waals surface area contributed by atoms with Gasteiger partial charge in [0, 0.05) is 19.6 Å². The van der Waals surface area contributed by atoms with E-state index in [0.29, 0.717) is 6.42 Å². The van der Waals surface area contributed by atoms with E-state index in [-0.39, 0.29) is 16.7 Å². The summed E-state index contributed by atoms with van der Waals surface area (Å²) in [7, 11) is 0. The first-order valence-corrected chi connectivity index (χ1v) is 7.45. The Morgan fingerprint density at radius 3 is 2.11 bits per heavy atom. The van der Waals surface area contributed by atoms with Crippen LogP contribution >= 0.6 is 0 Å². The number of rotatable bonds is 8. The van der Waals surface area contributed by atoms with Crippen LogP contribution in [0.15, 0.2) is 0 Å². The SMILES string of the molecule is CC(C)(C)CNC(=O)CCCCCOCC(C)(C)C. The van der Waals surface area contributed by atoms with Gasteiger partial charge in [0.1, 0.15) is 0 Å². The first-order valence-electron chi connectivity index (χ1n) is 7.45. The summed E-state index contributed by atoms with van der Waals surface area (Å²) in [5, 5.41) is 2.97. The van der Waals surface area contributed by atoms with Gasteiger partial charge < -0.3 is 10.1 Å². The highest BCUT2D eigenvalue weighted by molar-refractivity contribution is 5.75. The minimum absolute atomic E-state index is 0.163. The molecule has 0 aliphatic rings. The smallest absolute Gasteiger partial charge is 0.220 e. The molecule has 0 aliphatic carbocycles. The van der Waals surface area contributed by atoms with Crippen LogP contribution in [-0.4, -0.2) is 25.7 Å². The molecule has 114 valence electrons. The molecule has 0 aromatic heterocycles. The van der Waals surface area contributed by atoms with Crippen molar-refractivity contribution in [2.45, 2.75) is 67.2 Å². The average molecular weight is 271 g/mol. The standard InChI is InChI=1S/C16H33NO2/c1-15(2,3)12-17-14(18)10-8-7-9-11-19-13-16(4,5)6/h7-13H2,1-6H3,(H,17,18). The summed E-state index contributed by atoms with van der Waals surface area (Å²) in [6.45, 7) is 15.3. The van der Waals surface area contributed by atoms with Gasteiger partial charge in [0.15, 0.2) is 0 Å². The van der Waals surface area contributed by atoms with E-state index in [0.717, 1.165) is 39.0 Å². The van der Waals surface area contributed by atoms with E-state index < -0.39 is 0 Å². The molecule has 0 saturated carbocycles. The van der Waals surface area contributed by atoms with Gasteiger partial charge in [-0.05, 0) is 23.7 Å². The number of carbonyl (C=O) groups is 1. The van der Waals surface area contributed by atoms with Crippen LogP contribution in [0.4, 0.5) is 0 Å². The molecule has 0 unspecified atom stereocenters. The normalized spacial score (nSPS) is 12.5. The van der Waals surface area contributed by atoms with Gasteiger partial charge in [0.25, 0.3) is 0 Å². The predicted octanol–water partition coefficient (Wildman–Crippen LogP) is 3.77. The lowest BCUT2D eigenvalue weighted by Gasteiger charge is -2.18. The maximum Gasteiger partial charge on any atom is 0.220 e. The molecular formula is C16H33NO2. The molecule has 19 heavy (non-hydrogen) atoms. The summed E-state index contributed by atoms with van der Waals surface area (Å²) in [6.07, 6.45) is 3.69. The van der Waals surface area contributed by atoms with E-state index >= 15 is 0 Å². The van der Waals surface area contributed by atoms with Crippen molar-refractivity contribution in [2.75, 3.05) is 19.8 Å². The van der Waals surface area contributed by atoms with Crippen LogP contribution in [0.1, 0.15) is 67.2 Å². The van der Waals surface area contributed by atoms with Crippen molar-refractivity contribution >= 4 is 5.91 Å². The Morgan fingerprint density at radius 1 is 0.947 bits per heavy atom. The van der Waals surface area contributed by atoms with Gasteiger partial charge in [-0.25, -0.2) is 0 Å². The molecule has 0 aromatic rings. The minimum atomic E-state index is 0.163. The molecule has 1 amide bonds. The molecule has 0 radical (unpaired) electrons. The first kappa shape index (κ1) is 18.4. The fourth-order valence-electron chi connectivity index (χ4n) is 1.50. The van der Waals surface area contributed by atoms with E-state index in [1.54, 1.807) is 0 Å². The molecule has 0 saturated heterocycles. The van der Waals surface area contributed by atoms with E-state index in [4.69, 9.17) is 4.74 Å². The lowest BCUT2D eigenvalue weighted by molar-refractivity contribution is -0.121. The predicted molar refractivity (Wildman–Crippen MR) is 81.2 cm³/mol. The second-order valence-electron chi connectivity index (χ2n) is 7.76. The number of hydrogen-bond acceptors (Lipinski definition) is 2. The van der Waals surface area contributed by atoms with Gasteiger partial charge in [0.2, 0.25) is 5.91 Å². The number of unbranched alkanes of at least 4 members (excludes halogenated alkanes) is 2. The fourth-order valence-corrected chi connectivity index (χ4v) is 1.50. The molecule has 1 N–H and O–H groups in total. The fraction of sp³-hybridized carbons (Fsp3) is 0.938. The molecule has 0 atom stereocenters. The number of amides is 1. The van der Waals surface area contributed by atoms with Crippen LogP contribution in [0.3, 0.4) is 0 Å². The van der Waals surface area contributed by atoms with E-state index in [9.17, 15) is 4.79 Å². The van der Waals surface area contributed by atoms with Crippen LogP contribution in [0.2, 0.25) is 0 Å². The zero-order valence-corrected chi connectivity index (χ0v) is 13.8. The Balaban J connectivity index is 3.37. The highest BCUT2D eigenvalue weighted by Gasteiger charge is 2.11. The van der Waals surface area contributed by atoms with E-state index in [2.05, 4.69) is 46.9 Å². The Morgan fingerprint density at radius 2 is 1.58 bits per heavy atom. The van der Waals surface area contributed by atoms with Crippen molar-refractivity contribution in [3.05, 3.63) is 0 Å². The van der Waals surface area contributed by atoms with Crippen molar-refractivity contribution in [3.8, 4) is 0 Å². The van der Waals surface area contributed by atoms with Crippen molar-refractivity contribution < 1.29 is 9.53 Å². The van der Waals surface area contributed by atoms with Crippen LogP contribution in [-0.2, 0) is 9.53 Å². The topological polar surface area (TPSA) is 38.3 Å². The number of ether oxygens (including phenoxy) is 1. The van der Waals surface area contributed by atoms with Gasteiger partial charge in [0.05, 0.1) is 6.61 Å². The molecule has 0 rings (SSSR count). The number of nitrogens with one attached hydrogen (secondary N) is 1. The summed E-state index contributed by atoms with van der Waals surface area (Å²) in [4.78, 5) is 11.6. The third kappa shape index (κ3) is 15.4. The van der Waals surface area contributed by atoms with Crippen LogP contribution in [0.25, 0.3) is 0 Å². The molecule has 0 bridgehead atoms. The van der Waals surface area contributed by atoms with Crippen molar-refractivity contribution in [2.24, 2.45) is 10.8 Å². The average Bonchev–Trinajstić information content (AvgIpc) is 2.22. The summed E-state index contributed by atoms with van der Waals surface area (Å²) in [6, 6.07) is 0. The molecule has 0 spiro atoms. The van der Waals surface area contributed by atoms with Gasteiger partial charge in [-0.2, -0.15) is 0 Å². The summed E-state index contributed by atoms with van der Waals surface area (Å²) >= 11 is 0. The second kappa shape index (κ2) is 8.57. The van der Waals surface area contributed by atoms with E-state index in [1.165, 1.54) is 0 Å². The largest absolute Gasteiger partial charge is 0.381 e. The lowest BCUT2D eigenvalue weighted by atomic mass is 9.97. The van der Waals surface area contributed by atoms with Crippen molar-refractivity contribution in [1.29, 1.82) is 0 Å². The molecule has 0 heterocycles. The Hall–Kier alpha value is -0.570. The number of hydrogen-bond donors (Lipinski definition) is 1. The molecule has 0 aliphatic heterocycles. The third-order valence-corrected chi connectivity index (χ3v) is 2.54. The summed E-state index contributed by atoms with van der Waals surface area (Å²) in [5.41, 5.74) is 0.406. The molecule has 3 nitrogen and oxygen atoms in total. The lowest BCUT2D eigenvalue weighted by Crippen LogP contribution is -2.32. The Kier molecular flexibility index (Phi) is 8.31. The maximum atomic E-state index is 11.6. The monoisotopic (exact) mass is 271 g/mol. The van der Waals surface area contributed by atoms with Gasteiger partial charge in [-0.1, -0.05) is 48.0 Å². The van der Waals surface area contributed by atoms with Gasteiger partial charge in [-0.3, -0.25) is 4.79 Å². The van der Waals surface area contributed by atoms with Gasteiger partial charge >= 0.3 is 0 Å². The highest BCUT2D eigenvalue weighted by Crippen LogP contribution is 2.13. The van der Waals surface area contributed by atoms with Crippen molar-refractivity contribution in [1.82, 2.24) is 5.32 Å². The van der Waals surface area contributed by atoms with Crippen LogP contribution in [0.5, 0.6) is 0 Å². The first-order chi connectivity index (χ1) is 8.60. The van der Waals surface area contributed by atoms with Crippen LogP contribution < -0.4 is 5.32 Å². The maximum absolute atomic E-state index is 11.6. The van der Waals surface area contributed by atoms with Crippen molar-refractivity contribution in [3.63, 3.8) is 0 Å². The highest BCUT2D eigenvalue weighted by atomic mass is 16.5. The Labute approximate surface area is 119 Å². The summed E-state index contributed by atoms with van der Waals surface area (Å²) in [5.74, 6) is 0.172. The third-order valence-electron chi connectivity index (χ3n) is 2.54. The Bertz CT molecular complexity index is 248. The molecular weight excluding hydrogens is 238 g/mol. The molecule has 0 aromatic carbocycles. The quantitative estimate of drug-likeness (QED) is 0.682. The van der Waals surface area contributed by atoms with E-state index in [1.807, 2.05) is 0 Å². The minimum Gasteiger partial charge on any atom is -0.381 e.